The quantitative estimate of drug-likeness (QED) is 0.164. The van der Waals surface area contributed by atoms with Crippen LogP contribution in [0.3, 0.4) is 0 Å². The summed E-state index contributed by atoms with van der Waals surface area (Å²) in [4.78, 5) is 11.5. The summed E-state index contributed by atoms with van der Waals surface area (Å²) >= 11 is 0.00684. The van der Waals surface area contributed by atoms with Crippen LogP contribution in [-0.2, 0) is 0 Å². The molecule has 0 amide bonds. The summed E-state index contributed by atoms with van der Waals surface area (Å²) in [5.74, 6) is 1.31. The molecule has 0 spiro atoms. The third-order valence-corrected chi connectivity index (χ3v) is 7.08. The van der Waals surface area contributed by atoms with Crippen LogP contribution in [0.1, 0.15) is 30.1 Å². The van der Waals surface area contributed by atoms with Gasteiger partial charge in [0.2, 0.25) is 0 Å². The number of unbranched alkanes of at least 4 members (excludes halogenated alkanes) is 1. The van der Waals surface area contributed by atoms with Crippen molar-refractivity contribution in [3.63, 3.8) is 0 Å². The Labute approximate surface area is 194 Å². The van der Waals surface area contributed by atoms with Gasteiger partial charge in [-0.15, -0.1) is 13.2 Å². The number of carbonyl (C=O) groups is 1. The number of halogens is 4. The number of rotatable bonds is 10. The average Bonchev–Trinajstić information content (AvgIpc) is 2.76. The molecule has 0 N–H and O–H groups in total. The first-order valence-electron chi connectivity index (χ1n) is 9.86. The molecule has 3 aromatic rings. The summed E-state index contributed by atoms with van der Waals surface area (Å²) in [7, 11) is 0. The van der Waals surface area contributed by atoms with Crippen LogP contribution in [0, 0.1) is 3.57 Å². The van der Waals surface area contributed by atoms with Crippen molar-refractivity contribution in [2.24, 2.45) is 0 Å². The third-order valence-electron chi connectivity index (χ3n) is 4.18. The molecule has 3 aromatic carbocycles. The fraction of sp³-hybridized carbons (Fsp3) is 0.208. The molecule has 0 aliphatic heterocycles. The average molecular weight is 557 g/mol. The van der Waals surface area contributed by atoms with Gasteiger partial charge in [0.15, 0.2) is 0 Å². The molecule has 32 heavy (non-hydrogen) atoms. The van der Waals surface area contributed by atoms with Crippen LogP contribution in [-0.4, -0.2) is 17.1 Å². The second kappa shape index (κ2) is 11.2. The molecule has 3 rings (SSSR count). The number of ether oxygens (including phenoxy) is 3. The van der Waals surface area contributed by atoms with Gasteiger partial charge in [0.25, 0.3) is 0 Å². The van der Waals surface area contributed by atoms with E-state index in [-0.39, 0.29) is 27.0 Å². The SMILES string of the molecule is CCCC[I-]c1ccc(Oc2ccc(Oc3ccc(OC(F)(F)F)cc3)cc2C=O)cc1. The van der Waals surface area contributed by atoms with Gasteiger partial charge in [0, 0.05) is 0 Å². The summed E-state index contributed by atoms with van der Waals surface area (Å²) in [6.07, 6.45) is -1.65. The van der Waals surface area contributed by atoms with Gasteiger partial charge in [0.1, 0.15) is 5.75 Å². The molecule has 0 heterocycles. The third kappa shape index (κ3) is 7.44. The van der Waals surface area contributed by atoms with E-state index >= 15 is 0 Å². The zero-order valence-corrected chi connectivity index (χ0v) is 19.4. The van der Waals surface area contributed by atoms with E-state index in [1.54, 1.807) is 12.1 Å². The normalized spacial score (nSPS) is 11.2. The molecule has 0 aliphatic rings. The topological polar surface area (TPSA) is 44.8 Å². The maximum absolute atomic E-state index is 12.3. The summed E-state index contributed by atoms with van der Waals surface area (Å²) in [5.41, 5.74) is 0.291. The Hall–Kier alpha value is -2.75. The summed E-state index contributed by atoms with van der Waals surface area (Å²) in [6, 6.07) is 17.6. The first-order chi connectivity index (χ1) is 15.4. The van der Waals surface area contributed by atoms with Crippen LogP contribution in [0.15, 0.2) is 66.7 Å². The van der Waals surface area contributed by atoms with E-state index < -0.39 is 6.36 Å². The van der Waals surface area contributed by atoms with E-state index in [1.165, 1.54) is 39.0 Å². The predicted molar refractivity (Wildman–Crippen MR) is 110 cm³/mol. The summed E-state index contributed by atoms with van der Waals surface area (Å²) < 4.78 is 54.7. The van der Waals surface area contributed by atoms with Gasteiger partial charge in [-0.2, -0.15) is 0 Å². The molecule has 0 bridgehead atoms. The molecule has 0 aromatic heterocycles. The monoisotopic (exact) mass is 557 g/mol. The van der Waals surface area contributed by atoms with Gasteiger partial charge in [-0.3, -0.25) is 0 Å². The van der Waals surface area contributed by atoms with Crippen molar-refractivity contribution < 1.29 is 53.4 Å². The fourth-order valence-corrected chi connectivity index (χ4v) is 5.28. The zero-order valence-electron chi connectivity index (χ0n) is 17.2. The van der Waals surface area contributed by atoms with E-state index in [9.17, 15) is 18.0 Å². The van der Waals surface area contributed by atoms with Crippen LogP contribution >= 0.6 is 0 Å². The van der Waals surface area contributed by atoms with Crippen LogP contribution in [0.2, 0.25) is 0 Å². The van der Waals surface area contributed by atoms with Crippen molar-refractivity contribution in [2.45, 2.75) is 26.1 Å². The van der Waals surface area contributed by atoms with Crippen molar-refractivity contribution in [3.8, 4) is 28.7 Å². The molecule has 4 nitrogen and oxygen atoms in total. The van der Waals surface area contributed by atoms with Gasteiger partial charge in [-0.1, -0.05) is 0 Å². The minimum atomic E-state index is -4.76. The van der Waals surface area contributed by atoms with E-state index in [0.717, 1.165) is 12.1 Å². The molecule has 0 saturated heterocycles. The molecule has 0 atom stereocenters. The molecular weight excluding hydrogens is 536 g/mol. The Morgan fingerprint density at radius 3 is 2.06 bits per heavy atom. The first kappa shape index (κ1) is 23.9. The number of benzene rings is 3. The molecule has 0 aliphatic carbocycles. The summed E-state index contributed by atoms with van der Waals surface area (Å²) in [6.45, 7) is 2.19. The number of hydrogen-bond acceptors (Lipinski definition) is 4. The molecular formula is C24H21F3IO4-. The van der Waals surface area contributed by atoms with Crippen molar-refractivity contribution in [2.75, 3.05) is 4.43 Å². The van der Waals surface area contributed by atoms with E-state index in [2.05, 4.69) is 23.8 Å². The van der Waals surface area contributed by atoms with Crippen molar-refractivity contribution >= 4 is 6.29 Å². The molecule has 0 unspecified atom stereocenters. The van der Waals surface area contributed by atoms with Crippen molar-refractivity contribution in [3.05, 3.63) is 75.9 Å². The van der Waals surface area contributed by atoms with Gasteiger partial charge < -0.3 is 4.74 Å². The number of hydrogen-bond donors (Lipinski definition) is 0. The van der Waals surface area contributed by atoms with E-state index in [0.29, 0.717) is 34.8 Å². The van der Waals surface area contributed by atoms with Crippen LogP contribution in [0.5, 0.6) is 28.7 Å². The molecule has 0 radical (unpaired) electrons. The van der Waals surface area contributed by atoms with Gasteiger partial charge >= 0.3 is 159 Å². The Balaban J connectivity index is 1.65. The van der Waals surface area contributed by atoms with Crippen LogP contribution < -0.4 is 35.4 Å². The standard InChI is InChI=1S/C24H21F3IO4/c1-2-3-14-28-18-4-6-20(7-5-18)31-23-13-12-22(15-17(23)16-29)30-19-8-10-21(11-9-19)32-24(25,26)27/h4-13,15-16H,2-3,14H2,1H3/q-1. The molecule has 0 saturated carbocycles. The van der Waals surface area contributed by atoms with Crippen molar-refractivity contribution in [1.29, 1.82) is 0 Å². The van der Waals surface area contributed by atoms with Crippen LogP contribution in [0.4, 0.5) is 13.2 Å². The Kier molecular flexibility index (Phi) is 8.38. The van der Waals surface area contributed by atoms with Crippen LogP contribution in [0.25, 0.3) is 0 Å². The predicted octanol–water partition coefficient (Wildman–Crippen LogP) is 4.04. The Morgan fingerprint density at radius 1 is 0.844 bits per heavy atom. The second-order valence-corrected chi connectivity index (χ2v) is 9.76. The molecule has 170 valence electrons. The number of aldehydes is 1. The summed E-state index contributed by atoms with van der Waals surface area (Å²) in [5, 5.41) is 0. The Morgan fingerprint density at radius 2 is 1.44 bits per heavy atom. The maximum atomic E-state index is 12.3. The number of carbonyl (C=O) groups excluding carboxylic acids is 1. The zero-order chi connectivity index (χ0) is 23.0. The second-order valence-electron chi connectivity index (χ2n) is 6.67. The first-order valence-corrected chi connectivity index (χ1v) is 12.5. The van der Waals surface area contributed by atoms with E-state index in [1.807, 2.05) is 12.1 Å². The van der Waals surface area contributed by atoms with E-state index in [4.69, 9.17) is 9.47 Å². The Bertz CT molecular complexity index is 1020. The van der Waals surface area contributed by atoms with Gasteiger partial charge in [-0.05, 0) is 12.1 Å². The molecule has 8 heteroatoms. The molecule has 0 fully saturated rings. The minimum absolute atomic E-state index is 0.00684. The van der Waals surface area contributed by atoms with Gasteiger partial charge in [-0.25, -0.2) is 0 Å². The van der Waals surface area contributed by atoms with Crippen molar-refractivity contribution in [1.82, 2.24) is 0 Å². The van der Waals surface area contributed by atoms with Gasteiger partial charge in [0.05, 0.1) is 0 Å². The number of alkyl halides is 4. The fourth-order valence-electron chi connectivity index (χ4n) is 2.65.